The van der Waals surface area contributed by atoms with Gasteiger partial charge in [0.15, 0.2) is 0 Å². The Bertz CT molecular complexity index is 1020. The highest BCUT2D eigenvalue weighted by Gasteiger charge is 2.51. The number of hydrogen-bond acceptors (Lipinski definition) is 5. The van der Waals surface area contributed by atoms with Crippen LogP contribution in [0.1, 0.15) is 11.7 Å². The van der Waals surface area contributed by atoms with E-state index in [2.05, 4.69) is 5.32 Å². The molecule has 1 amide bonds. The summed E-state index contributed by atoms with van der Waals surface area (Å²) < 4.78 is 20.3. The minimum atomic E-state index is -0.469. The number of fused-ring (bicyclic) bond motifs is 3. The van der Waals surface area contributed by atoms with Gasteiger partial charge in [0.05, 0.1) is 25.3 Å². The van der Waals surface area contributed by atoms with Gasteiger partial charge in [-0.15, -0.1) is 0 Å². The number of nitrogens with one attached hydrogen (secondary N) is 1. The lowest BCUT2D eigenvalue weighted by molar-refractivity contribution is -0.138. The summed E-state index contributed by atoms with van der Waals surface area (Å²) in [5.74, 6) is -0.663. The number of aliphatic hydroxyl groups excluding tert-OH is 1. The summed E-state index contributed by atoms with van der Waals surface area (Å²) in [5.41, 5.74) is 1.87. The van der Waals surface area contributed by atoms with Crippen LogP contribution in [0.3, 0.4) is 0 Å². The molecule has 0 spiro atoms. The Morgan fingerprint density at radius 1 is 1.17 bits per heavy atom. The Hall–Kier alpha value is -2.55. The molecule has 2 aromatic rings. The highest BCUT2D eigenvalue weighted by Crippen LogP contribution is 2.43. The lowest BCUT2D eigenvalue weighted by Crippen LogP contribution is -2.51. The molecule has 158 valence electrons. The van der Waals surface area contributed by atoms with Crippen LogP contribution in [0.15, 0.2) is 41.2 Å². The molecule has 3 aliphatic heterocycles. The van der Waals surface area contributed by atoms with Crippen LogP contribution >= 0.6 is 0 Å². The van der Waals surface area contributed by atoms with Gasteiger partial charge < -0.3 is 19.3 Å². The number of hydrogen-bond donors (Lipinski definition) is 2. The van der Waals surface area contributed by atoms with Crippen LogP contribution in [0.2, 0.25) is 0 Å². The average Bonchev–Trinajstić information content (AvgIpc) is 3.31. The number of aromatic nitrogens is 1. The summed E-state index contributed by atoms with van der Waals surface area (Å²) in [6, 6.07) is 8.90. The molecule has 0 saturated carbocycles. The summed E-state index contributed by atoms with van der Waals surface area (Å²) in [6.07, 6.45) is 0. The second kappa shape index (κ2) is 7.61. The molecule has 0 aliphatic carbocycles. The number of rotatable bonds is 3. The zero-order valence-corrected chi connectivity index (χ0v) is 16.5. The van der Waals surface area contributed by atoms with Gasteiger partial charge in [-0.1, -0.05) is 12.1 Å². The third-order valence-corrected chi connectivity index (χ3v) is 6.64. The predicted molar refractivity (Wildman–Crippen MR) is 107 cm³/mol. The molecule has 0 unspecified atom stereocenters. The molecule has 1 aromatic carbocycles. The second-order valence-electron chi connectivity index (χ2n) is 8.16. The van der Waals surface area contributed by atoms with Crippen LogP contribution < -0.4 is 10.9 Å². The van der Waals surface area contributed by atoms with E-state index >= 15 is 0 Å². The lowest BCUT2D eigenvalue weighted by atomic mass is 9.88. The first-order valence-electron chi connectivity index (χ1n) is 10.3. The zero-order chi connectivity index (χ0) is 20.8. The van der Waals surface area contributed by atoms with E-state index < -0.39 is 6.04 Å². The quantitative estimate of drug-likeness (QED) is 0.777. The molecule has 5 rings (SSSR count). The number of amides is 1. The molecule has 7 nitrogen and oxygen atoms in total. The van der Waals surface area contributed by atoms with Crippen molar-refractivity contribution in [3.8, 4) is 11.1 Å². The Kier molecular flexibility index (Phi) is 4.92. The molecule has 0 bridgehead atoms. The van der Waals surface area contributed by atoms with E-state index in [-0.39, 0.29) is 41.8 Å². The van der Waals surface area contributed by atoms with E-state index in [4.69, 9.17) is 4.74 Å². The normalized spacial score (nSPS) is 27.7. The van der Waals surface area contributed by atoms with E-state index in [9.17, 15) is 19.1 Å². The van der Waals surface area contributed by atoms with Gasteiger partial charge in [0.25, 0.3) is 5.56 Å². The summed E-state index contributed by atoms with van der Waals surface area (Å²) >= 11 is 0. The van der Waals surface area contributed by atoms with Crippen molar-refractivity contribution in [2.45, 2.75) is 18.6 Å². The number of halogens is 1. The van der Waals surface area contributed by atoms with Gasteiger partial charge in [0.2, 0.25) is 5.91 Å². The molecular weight excluding hydrogens is 389 g/mol. The smallest absolute Gasteiger partial charge is 0.258 e. The van der Waals surface area contributed by atoms with Crippen LogP contribution in [-0.4, -0.2) is 59.4 Å². The fourth-order valence-corrected chi connectivity index (χ4v) is 5.07. The van der Waals surface area contributed by atoms with Crippen LogP contribution in [0.4, 0.5) is 4.39 Å². The first-order valence-corrected chi connectivity index (χ1v) is 10.3. The highest BCUT2D eigenvalue weighted by atomic mass is 19.1. The largest absolute Gasteiger partial charge is 0.396 e. The topological polar surface area (TPSA) is 83.8 Å². The average molecular weight is 413 g/mol. The molecular formula is C22H24FN3O4. The minimum Gasteiger partial charge on any atom is -0.396 e. The summed E-state index contributed by atoms with van der Waals surface area (Å²) in [7, 11) is 0. The van der Waals surface area contributed by atoms with Gasteiger partial charge in [0.1, 0.15) is 5.82 Å². The van der Waals surface area contributed by atoms with Crippen molar-refractivity contribution in [3.05, 3.63) is 58.3 Å². The molecule has 2 N–H and O–H groups in total. The molecule has 1 aromatic heterocycles. The van der Waals surface area contributed by atoms with Crippen molar-refractivity contribution >= 4 is 5.91 Å². The Labute approximate surface area is 173 Å². The monoisotopic (exact) mass is 413 g/mol. The van der Waals surface area contributed by atoms with Gasteiger partial charge in [-0.25, -0.2) is 4.39 Å². The van der Waals surface area contributed by atoms with Gasteiger partial charge in [-0.3, -0.25) is 14.9 Å². The van der Waals surface area contributed by atoms with Crippen LogP contribution in [0, 0.1) is 17.7 Å². The number of morpholine rings is 1. The Morgan fingerprint density at radius 2 is 1.90 bits per heavy atom. The van der Waals surface area contributed by atoms with E-state index in [1.54, 1.807) is 27.7 Å². The number of ether oxygens (including phenoxy) is 1. The van der Waals surface area contributed by atoms with Crippen LogP contribution in [-0.2, 0) is 16.1 Å². The van der Waals surface area contributed by atoms with Crippen LogP contribution in [0.25, 0.3) is 11.1 Å². The van der Waals surface area contributed by atoms with Gasteiger partial charge in [-0.05, 0) is 29.8 Å². The standard InChI is InChI=1S/C22H24FN3O4/c23-14-3-1-13(2-4-14)15-5-6-18-19-16(11-26(18)21(15)28)17(12-27)20(24-19)22(29)25-7-9-30-10-8-25/h1-6,16-17,19-20,24,27H,7-12H2/t16-,17-,19+,20-/m1/s1. The fraction of sp³-hybridized carbons (Fsp3) is 0.455. The van der Waals surface area contributed by atoms with Crippen molar-refractivity contribution in [3.63, 3.8) is 0 Å². The number of nitrogens with zero attached hydrogens (tertiary/aromatic N) is 2. The van der Waals surface area contributed by atoms with Gasteiger partial charge in [0, 0.05) is 49.3 Å². The number of carbonyl (C=O) groups excluding carboxylic acids is 1. The number of aliphatic hydroxyl groups is 1. The number of benzene rings is 1. The molecule has 3 aliphatic rings. The van der Waals surface area contributed by atoms with Crippen molar-refractivity contribution < 1.29 is 19.0 Å². The SMILES string of the molecule is O=C([C@@H]1N[C@@H]2c3ccc(-c4ccc(F)cc4)c(=O)n3C[C@@H]2[C@H]1CO)N1CCOCC1. The molecule has 2 fully saturated rings. The van der Waals surface area contributed by atoms with E-state index in [0.29, 0.717) is 44.0 Å². The summed E-state index contributed by atoms with van der Waals surface area (Å²) in [4.78, 5) is 28.0. The van der Waals surface area contributed by atoms with E-state index in [1.165, 1.54) is 12.1 Å². The highest BCUT2D eigenvalue weighted by molar-refractivity contribution is 5.83. The van der Waals surface area contributed by atoms with Crippen molar-refractivity contribution in [2.75, 3.05) is 32.9 Å². The van der Waals surface area contributed by atoms with Crippen molar-refractivity contribution in [1.82, 2.24) is 14.8 Å². The summed E-state index contributed by atoms with van der Waals surface area (Å²) in [6.45, 7) is 2.49. The second-order valence-corrected chi connectivity index (χ2v) is 8.16. The molecule has 8 heteroatoms. The third kappa shape index (κ3) is 3.07. The maximum atomic E-state index is 13.2. The lowest BCUT2D eigenvalue weighted by Gasteiger charge is -2.31. The maximum absolute atomic E-state index is 13.2. The van der Waals surface area contributed by atoms with Crippen LogP contribution in [0.5, 0.6) is 0 Å². The minimum absolute atomic E-state index is 0.0106. The van der Waals surface area contributed by atoms with Gasteiger partial charge in [-0.2, -0.15) is 0 Å². The Morgan fingerprint density at radius 3 is 2.60 bits per heavy atom. The number of pyridine rings is 1. The Balaban J connectivity index is 1.44. The van der Waals surface area contributed by atoms with Crippen molar-refractivity contribution in [1.29, 1.82) is 0 Å². The molecule has 30 heavy (non-hydrogen) atoms. The third-order valence-electron chi connectivity index (χ3n) is 6.64. The molecule has 2 saturated heterocycles. The zero-order valence-electron chi connectivity index (χ0n) is 16.5. The fourth-order valence-electron chi connectivity index (χ4n) is 5.07. The van der Waals surface area contributed by atoms with Gasteiger partial charge >= 0.3 is 0 Å². The first kappa shape index (κ1) is 19.4. The first-order chi connectivity index (χ1) is 14.6. The van der Waals surface area contributed by atoms with Crippen molar-refractivity contribution in [2.24, 2.45) is 11.8 Å². The molecule has 0 radical (unpaired) electrons. The predicted octanol–water partition coefficient (Wildman–Crippen LogP) is 0.764. The van der Waals surface area contributed by atoms with E-state index in [1.807, 2.05) is 6.07 Å². The molecule has 4 heterocycles. The maximum Gasteiger partial charge on any atom is 0.258 e. The summed E-state index contributed by atoms with van der Waals surface area (Å²) in [5, 5.41) is 13.5. The number of carbonyl (C=O) groups is 1. The van der Waals surface area contributed by atoms with E-state index in [0.717, 1.165) is 5.69 Å². The molecule has 4 atom stereocenters.